The summed E-state index contributed by atoms with van der Waals surface area (Å²) in [5, 5.41) is 11.8. The van der Waals surface area contributed by atoms with E-state index in [1.54, 1.807) is 6.07 Å². The molecule has 1 amide bonds. The molecule has 0 aliphatic rings. The van der Waals surface area contributed by atoms with Gasteiger partial charge in [0, 0.05) is 16.9 Å². The number of anilines is 1. The van der Waals surface area contributed by atoms with E-state index in [1.807, 2.05) is 0 Å². The molecule has 0 saturated heterocycles. The second-order valence-electron chi connectivity index (χ2n) is 3.80. The number of hydrogen-bond acceptors (Lipinski definition) is 3. The summed E-state index contributed by atoms with van der Waals surface area (Å²) < 4.78 is 0.652. The predicted molar refractivity (Wildman–Crippen MR) is 78.3 cm³/mol. The van der Waals surface area contributed by atoms with Crippen LogP contribution in [0.1, 0.15) is 20.7 Å². The van der Waals surface area contributed by atoms with Gasteiger partial charge in [-0.25, -0.2) is 4.79 Å². The van der Waals surface area contributed by atoms with Crippen molar-refractivity contribution in [2.24, 2.45) is 0 Å². The Morgan fingerprint density at radius 3 is 2.65 bits per heavy atom. The van der Waals surface area contributed by atoms with Crippen molar-refractivity contribution in [3.8, 4) is 0 Å². The van der Waals surface area contributed by atoms with Crippen molar-refractivity contribution < 1.29 is 14.7 Å². The van der Waals surface area contributed by atoms with Crippen molar-refractivity contribution in [3.63, 3.8) is 0 Å². The second kappa shape index (κ2) is 6.02. The van der Waals surface area contributed by atoms with Crippen LogP contribution in [0.25, 0.3) is 0 Å². The molecule has 0 aliphatic carbocycles. The zero-order valence-electron chi connectivity index (χ0n) is 9.93. The number of carbonyl (C=O) groups excluding carboxylic acids is 1. The van der Waals surface area contributed by atoms with Crippen molar-refractivity contribution in [2.45, 2.75) is 0 Å². The minimum absolute atomic E-state index is 0.00766. The Hall–Kier alpha value is -1.92. The predicted octanol–water partition coefficient (Wildman–Crippen LogP) is 3.45. The van der Waals surface area contributed by atoms with Gasteiger partial charge in [0.05, 0.1) is 21.8 Å². The monoisotopic (exact) mass is 354 g/mol. The van der Waals surface area contributed by atoms with E-state index in [0.717, 1.165) is 0 Å². The zero-order chi connectivity index (χ0) is 14.7. The van der Waals surface area contributed by atoms with Crippen molar-refractivity contribution in [2.75, 3.05) is 5.32 Å². The summed E-state index contributed by atoms with van der Waals surface area (Å²) in [6.07, 6.45) is 2.77. The fraction of sp³-hybridized carbons (Fsp3) is 0. The molecule has 0 unspecified atom stereocenters. The van der Waals surface area contributed by atoms with Crippen molar-refractivity contribution in [3.05, 3.63) is 57.3 Å². The first-order valence-electron chi connectivity index (χ1n) is 5.42. The van der Waals surface area contributed by atoms with Crippen LogP contribution in [0.4, 0.5) is 5.69 Å². The van der Waals surface area contributed by atoms with Gasteiger partial charge < -0.3 is 10.4 Å². The Labute approximate surface area is 127 Å². The third-order valence-electron chi connectivity index (χ3n) is 2.48. The van der Waals surface area contributed by atoms with Gasteiger partial charge in [-0.05, 0) is 24.3 Å². The van der Waals surface area contributed by atoms with Crippen molar-refractivity contribution in [1.82, 2.24) is 4.98 Å². The number of carboxylic acids is 1. The highest BCUT2D eigenvalue weighted by molar-refractivity contribution is 9.10. The Morgan fingerprint density at radius 2 is 2.00 bits per heavy atom. The average Bonchev–Trinajstić information content (AvgIpc) is 2.38. The lowest BCUT2D eigenvalue weighted by molar-refractivity contribution is 0.0698. The summed E-state index contributed by atoms with van der Waals surface area (Å²) in [7, 11) is 0. The Bertz CT molecular complexity index is 691. The number of aromatic nitrogens is 1. The molecule has 0 bridgehead atoms. The molecule has 0 spiro atoms. The van der Waals surface area contributed by atoms with Gasteiger partial charge in [-0.15, -0.1) is 0 Å². The number of nitrogens with zero attached hydrogens (tertiary/aromatic N) is 1. The van der Waals surface area contributed by atoms with Gasteiger partial charge in [0.15, 0.2) is 0 Å². The first-order chi connectivity index (χ1) is 9.49. The van der Waals surface area contributed by atoms with Gasteiger partial charge in [-0.1, -0.05) is 27.5 Å². The standard InChI is InChI=1S/C13H8BrClN2O3/c14-7-1-2-9(13(19)20)11(5-7)17-12(18)8-3-4-16-6-10(8)15/h1-6H,(H,17,18)(H,19,20). The van der Waals surface area contributed by atoms with Crippen LogP contribution < -0.4 is 5.32 Å². The molecular weight excluding hydrogens is 348 g/mol. The number of amides is 1. The Balaban J connectivity index is 2.35. The SMILES string of the molecule is O=C(Nc1cc(Br)ccc1C(=O)O)c1ccncc1Cl. The minimum atomic E-state index is -1.13. The van der Waals surface area contributed by atoms with Gasteiger partial charge >= 0.3 is 5.97 Å². The van der Waals surface area contributed by atoms with E-state index < -0.39 is 11.9 Å². The van der Waals surface area contributed by atoms with Gasteiger partial charge in [0.1, 0.15) is 0 Å². The number of halogens is 2. The first kappa shape index (κ1) is 14.5. The van der Waals surface area contributed by atoms with E-state index >= 15 is 0 Å². The molecule has 1 aromatic heterocycles. The molecule has 5 nitrogen and oxygen atoms in total. The lowest BCUT2D eigenvalue weighted by Crippen LogP contribution is -2.15. The highest BCUT2D eigenvalue weighted by Crippen LogP contribution is 2.23. The molecule has 7 heteroatoms. The fourth-order valence-electron chi connectivity index (χ4n) is 1.56. The molecular formula is C13H8BrClN2O3. The van der Waals surface area contributed by atoms with Gasteiger partial charge in [-0.3, -0.25) is 9.78 Å². The molecule has 20 heavy (non-hydrogen) atoms. The van der Waals surface area contributed by atoms with E-state index in [-0.39, 0.29) is 21.8 Å². The number of benzene rings is 1. The molecule has 0 atom stereocenters. The Morgan fingerprint density at radius 1 is 1.25 bits per heavy atom. The molecule has 0 radical (unpaired) electrons. The maximum atomic E-state index is 12.1. The maximum absolute atomic E-state index is 12.1. The van der Waals surface area contributed by atoms with Crippen LogP contribution in [-0.4, -0.2) is 22.0 Å². The summed E-state index contributed by atoms with van der Waals surface area (Å²) in [5.41, 5.74) is 0.398. The van der Waals surface area contributed by atoms with E-state index in [4.69, 9.17) is 16.7 Å². The summed E-state index contributed by atoms with van der Waals surface area (Å²) in [6, 6.07) is 5.95. The number of nitrogens with one attached hydrogen (secondary N) is 1. The molecule has 0 aliphatic heterocycles. The molecule has 1 aromatic carbocycles. The van der Waals surface area contributed by atoms with Crippen molar-refractivity contribution >= 4 is 45.1 Å². The van der Waals surface area contributed by atoms with Crippen molar-refractivity contribution in [1.29, 1.82) is 0 Å². The number of carboxylic acid groups (broad SMARTS) is 1. The molecule has 0 fully saturated rings. The molecule has 2 N–H and O–H groups in total. The zero-order valence-corrected chi connectivity index (χ0v) is 12.3. The number of pyridine rings is 1. The molecule has 2 aromatic rings. The van der Waals surface area contributed by atoms with Crippen LogP contribution in [-0.2, 0) is 0 Å². The van der Waals surface area contributed by atoms with E-state index in [9.17, 15) is 9.59 Å². The van der Waals surface area contributed by atoms with E-state index in [0.29, 0.717) is 4.47 Å². The average molecular weight is 356 g/mol. The summed E-state index contributed by atoms with van der Waals surface area (Å²) in [6.45, 7) is 0. The third-order valence-corrected chi connectivity index (χ3v) is 3.27. The highest BCUT2D eigenvalue weighted by atomic mass is 79.9. The molecule has 102 valence electrons. The first-order valence-corrected chi connectivity index (χ1v) is 6.60. The van der Waals surface area contributed by atoms with E-state index in [2.05, 4.69) is 26.2 Å². The smallest absolute Gasteiger partial charge is 0.337 e. The summed E-state index contributed by atoms with van der Waals surface area (Å²) in [5.74, 6) is -1.63. The van der Waals surface area contributed by atoms with E-state index in [1.165, 1.54) is 30.6 Å². The third kappa shape index (κ3) is 3.15. The number of aromatic carboxylic acids is 1. The van der Waals surface area contributed by atoms with Crippen LogP contribution in [0, 0.1) is 0 Å². The second-order valence-corrected chi connectivity index (χ2v) is 5.13. The topological polar surface area (TPSA) is 79.3 Å². The van der Waals surface area contributed by atoms with Gasteiger partial charge in [0.2, 0.25) is 0 Å². The normalized spacial score (nSPS) is 10.1. The summed E-state index contributed by atoms with van der Waals surface area (Å²) in [4.78, 5) is 27.0. The quantitative estimate of drug-likeness (QED) is 0.884. The van der Waals surface area contributed by atoms with Crippen LogP contribution in [0.5, 0.6) is 0 Å². The number of hydrogen-bond donors (Lipinski definition) is 2. The molecule has 2 rings (SSSR count). The molecule has 0 saturated carbocycles. The Kier molecular flexibility index (Phi) is 4.36. The van der Waals surface area contributed by atoms with Crippen LogP contribution in [0.3, 0.4) is 0 Å². The minimum Gasteiger partial charge on any atom is -0.478 e. The number of rotatable bonds is 3. The highest BCUT2D eigenvalue weighted by Gasteiger charge is 2.15. The summed E-state index contributed by atoms with van der Waals surface area (Å²) >= 11 is 9.10. The lowest BCUT2D eigenvalue weighted by atomic mass is 10.1. The van der Waals surface area contributed by atoms with Gasteiger partial charge in [-0.2, -0.15) is 0 Å². The fourth-order valence-corrected chi connectivity index (χ4v) is 2.12. The van der Waals surface area contributed by atoms with Gasteiger partial charge in [0.25, 0.3) is 5.91 Å². The number of carbonyl (C=O) groups is 2. The maximum Gasteiger partial charge on any atom is 0.337 e. The van der Waals surface area contributed by atoms with Crippen LogP contribution >= 0.6 is 27.5 Å². The molecule has 1 heterocycles. The van der Waals surface area contributed by atoms with Crippen LogP contribution in [0.15, 0.2) is 41.1 Å². The largest absolute Gasteiger partial charge is 0.478 e. The lowest BCUT2D eigenvalue weighted by Gasteiger charge is -2.09. The van der Waals surface area contributed by atoms with Crippen LogP contribution in [0.2, 0.25) is 5.02 Å².